The van der Waals surface area contributed by atoms with Crippen LogP contribution >= 0.6 is 0 Å². The minimum absolute atomic E-state index is 0.148. The molecule has 0 aliphatic carbocycles. The lowest BCUT2D eigenvalue weighted by Gasteiger charge is -2.09. The number of rotatable bonds is 2. The second-order valence-electron chi connectivity index (χ2n) is 2.81. The fraction of sp³-hybridized carbons (Fsp3) is 0.200. The fourth-order valence-corrected chi connectivity index (χ4v) is 1.29. The summed E-state index contributed by atoms with van der Waals surface area (Å²) in [4.78, 5) is 11.1. The summed E-state index contributed by atoms with van der Waals surface area (Å²) in [5.74, 6) is -0.279. The third kappa shape index (κ3) is 1.52. The first-order valence-corrected chi connectivity index (χ1v) is 3.99. The van der Waals surface area contributed by atoms with Crippen molar-refractivity contribution in [2.45, 2.75) is 6.92 Å². The number of nitrogens with zero attached hydrogens (tertiary/aromatic N) is 1. The van der Waals surface area contributed by atoms with Crippen molar-refractivity contribution >= 4 is 5.91 Å². The van der Waals surface area contributed by atoms with Gasteiger partial charge in [-0.15, -0.1) is 0 Å². The lowest BCUT2D eigenvalue weighted by atomic mass is 10.0. The number of nitrogens with two attached hydrogens (primary N) is 1. The highest BCUT2D eigenvalue weighted by Crippen LogP contribution is 2.25. The third-order valence-electron chi connectivity index (χ3n) is 1.93. The van der Waals surface area contributed by atoms with E-state index in [-0.39, 0.29) is 11.1 Å². The quantitative estimate of drug-likeness (QED) is 0.755. The largest absolute Gasteiger partial charge is 0.496 e. The van der Waals surface area contributed by atoms with Crippen LogP contribution in [-0.2, 0) is 0 Å². The molecule has 1 aromatic rings. The minimum Gasteiger partial charge on any atom is -0.496 e. The number of carbonyl (C=O) groups is 1. The van der Waals surface area contributed by atoms with Crippen molar-refractivity contribution in [3.05, 3.63) is 28.8 Å². The van der Waals surface area contributed by atoms with Crippen molar-refractivity contribution in [2.24, 2.45) is 5.73 Å². The van der Waals surface area contributed by atoms with Crippen LogP contribution in [0.25, 0.3) is 0 Å². The molecule has 0 saturated carbocycles. The SMILES string of the molecule is COc1c(C)ccc(C#N)c1C(N)=O. The zero-order valence-electron chi connectivity index (χ0n) is 8.00. The maximum Gasteiger partial charge on any atom is 0.253 e. The average molecular weight is 190 g/mol. The van der Waals surface area contributed by atoms with E-state index in [2.05, 4.69) is 0 Å². The van der Waals surface area contributed by atoms with Crippen molar-refractivity contribution in [3.8, 4) is 11.8 Å². The number of aryl methyl sites for hydroxylation is 1. The molecule has 4 heteroatoms. The topological polar surface area (TPSA) is 76.1 Å². The van der Waals surface area contributed by atoms with E-state index in [1.807, 2.05) is 6.07 Å². The molecular weight excluding hydrogens is 180 g/mol. The molecule has 0 fully saturated rings. The Morgan fingerprint density at radius 1 is 1.57 bits per heavy atom. The molecule has 0 aromatic heterocycles. The van der Waals surface area contributed by atoms with Gasteiger partial charge in [0, 0.05) is 0 Å². The number of nitriles is 1. The normalized spacial score (nSPS) is 9.21. The Hall–Kier alpha value is -2.02. The summed E-state index contributed by atoms with van der Waals surface area (Å²) in [6, 6.07) is 5.16. The van der Waals surface area contributed by atoms with E-state index in [0.29, 0.717) is 5.75 Å². The monoisotopic (exact) mass is 190 g/mol. The molecule has 1 amide bonds. The molecule has 0 radical (unpaired) electrons. The van der Waals surface area contributed by atoms with E-state index >= 15 is 0 Å². The third-order valence-corrected chi connectivity index (χ3v) is 1.93. The van der Waals surface area contributed by atoms with Crippen LogP contribution in [0.15, 0.2) is 12.1 Å². The zero-order valence-corrected chi connectivity index (χ0v) is 8.00. The summed E-state index contributed by atoms with van der Waals surface area (Å²) >= 11 is 0. The molecule has 0 atom stereocenters. The maximum absolute atomic E-state index is 11.1. The van der Waals surface area contributed by atoms with Gasteiger partial charge in [0.05, 0.1) is 18.2 Å². The molecule has 0 saturated heterocycles. The van der Waals surface area contributed by atoms with Crippen LogP contribution in [-0.4, -0.2) is 13.0 Å². The van der Waals surface area contributed by atoms with E-state index in [0.717, 1.165) is 5.56 Å². The molecule has 1 aromatic carbocycles. The second kappa shape index (κ2) is 3.79. The van der Waals surface area contributed by atoms with Crippen molar-refractivity contribution in [1.29, 1.82) is 5.26 Å². The van der Waals surface area contributed by atoms with E-state index in [1.54, 1.807) is 19.1 Å². The number of methoxy groups -OCH3 is 1. The zero-order chi connectivity index (χ0) is 10.7. The first-order valence-electron chi connectivity index (χ1n) is 3.99. The molecule has 0 unspecified atom stereocenters. The van der Waals surface area contributed by atoms with Gasteiger partial charge in [0.25, 0.3) is 5.91 Å². The van der Waals surface area contributed by atoms with Crippen LogP contribution in [0.4, 0.5) is 0 Å². The van der Waals surface area contributed by atoms with E-state index in [4.69, 9.17) is 15.7 Å². The molecule has 4 nitrogen and oxygen atoms in total. The molecule has 0 bridgehead atoms. The molecule has 0 spiro atoms. The predicted octanol–water partition coefficient (Wildman–Crippen LogP) is 0.974. The highest BCUT2D eigenvalue weighted by molar-refractivity contribution is 5.98. The first kappa shape index (κ1) is 10.1. The number of amides is 1. The molecule has 72 valence electrons. The number of ether oxygens (including phenoxy) is 1. The number of carbonyl (C=O) groups excluding carboxylic acids is 1. The molecule has 0 aliphatic rings. The van der Waals surface area contributed by atoms with Gasteiger partial charge >= 0.3 is 0 Å². The van der Waals surface area contributed by atoms with Crippen LogP contribution in [0.5, 0.6) is 5.75 Å². The van der Waals surface area contributed by atoms with Crippen LogP contribution in [0.1, 0.15) is 21.5 Å². The van der Waals surface area contributed by atoms with Crippen LogP contribution in [0.2, 0.25) is 0 Å². The van der Waals surface area contributed by atoms with E-state index < -0.39 is 5.91 Å². The van der Waals surface area contributed by atoms with Crippen molar-refractivity contribution in [1.82, 2.24) is 0 Å². The summed E-state index contributed by atoms with van der Waals surface area (Å²) in [5, 5.41) is 8.76. The molecule has 0 heterocycles. The first-order chi connectivity index (χ1) is 6.61. The standard InChI is InChI=1S/C10H10N2O2/c1-6-3-4-7(5-11)8(10(12)13)9(6)14-2/h3-4H,1-2H3,(H2,12,13). The highest BCUT2D eigenvalue weighted by atomic mass is 16.5. The van der Waals surface area contributed by atoms with Crippen molar-refractivity contribution in [2.75, 3.05) is 7.11 Å². The van der Waals surface area contributed by atoms with Gasteiger partial charge < -0.3 is 10.5 Å². The van der Waals surface area contributed by atoms with Gasteiger partial charge in [-0.1, -0.05) is 6.07 Å². The maximum atomic E-state index is 11.1. The van der Waals surface area contributed by atoms with Crippen molar-refractivity contribution in [3.63, 3.8) is 0 Å². The molecule has 2 N–H and O–H groups in total. The van der Waals surface area contributed by atoms with Crippen LogP contribution in [0.3, 0.4) is 0 Å². The molecule has 0 aliphatic heterocycles. The van der Waals surface area contributed by atoms with Gasteiger partial charge in [-0.25, -0.2) is 0 Å². The lowest BCUT2D eigenvalue weighted by molar-refractivity contribution is 0.0997. The lowest BCUT2D eigenvalue weighted by Crippen LogP contribution is -2.15. The number of hydrogen-bond donors (Lipinski definition) is 1. The average Bonchev–Trinajstić information content (AvgIpc) is 2.17. The number of hydrogen-bond acceptors (Lipinski definition) is 3. The Labute approximate surface area is 81.9 Å². The highest BCUT2D eigenvalue weighted by Gasteiger charge is 2.16. The summed E-state index contributed by atoms with van der Waals surface area (Å²) in [7, 11) is 1.44. The molecule has 14 heavy (non-hydrogen) atoms. The van der Waals surface area contributed by atoms with Gasteiger partial charge in [0.15, 0.2) is 0 Å². The summed E-state index contributed by atoms with van der Waals surface area (Å²) in [6.45, 7) is 1.78. The summed E-state index contributed by atoms with van der Waals surface area (Å²) in [6.07, 6.45) is 0. The predicted molar refractivity (Wildman–Crippen MR) is 51.0 cm³/mol. The van der Waals surface area contributed by atoms with Crippen molar-refractivity contribution < 1.29 is 9.53 Å². The van der Waals surface area contributed by atoms with Gasteiger partial charge in [-0.2, -0.15) is 5.26 Å². The molecule has 1 rings (SSSR count). The van der Waals surface area contributed by atoms with E-state index in [9.17, 15) is 4.79 Å². The van der Waals surface area contributed by atoms with Gasteiger partial charge in [0.2, 0.25) is 0 Å². The van der Waals surface area contributed by atoms with Gasteiger partial charge in [-0.3, -0.25) is 4.79 Å². The minimum atomic E-state index is -0.651. The Balaban J connectivity index is 3.54. The van der Waals surface area contributed by atoms with Crippen LogP contribution < -0.4 is 10.5 Å². The Morgan fingerprint density at radius 2 is 2.21 bits per heavy atom. The molecular formula is C10H10N2O2. The number of primary amides is 1. The summed E-state index contributed by atoms with van der Waals surface area (Å²) < 4.78 is 5.03. The van der Waals surface area contributed by atoms with E-state index in [1.165, 1.54) is 7.11 Å². The van der Waals surface area contributed by atoms with Crippen LogP contribution in [0, 0.1) is 18.3 Å². The second-order valence-corrected chi connectivity index (χ2v) is 2.81. The smallest absolute Gasteiger partial charge is 0.253 e. The number of benzene rings is 1. The summed E-state index contributed by atoms with van der Waals surface area (Å²) in [5.41, 5.74) is 6.33. The van der Waals surface area contributed by atoms with Gasteiger partial charge in [0.1, 0.15) is 11.8 Å². The Kier molecular flexibility index (Phi) is 2.73. The Morgan fingerprint density at radius 3 is 2.64 bits per heavy atom. The Bertz CT molecular complexity index is 419. The van der Waals surface area contributed by atoms with Gasteiger partial charge in [-0.05, 0) is 18.6 Å². The fourth-order valence-electron chi connectivity index (χ4n) is 1.29.